The van der Waals surface area contributed by atoms with Crippen LogP contribution in [0.25, 0.3) is 5.70 Å². The second-order valence-corrected chi connectivity index (χ2v) is 5.85. The topological polar surface area (TPSA) is 128 Å². The van der Waals surface area contributed by atoms with E-state index in [4.69, 9.17) is 15.9 Å². The first-order valence-electron chi connectivity index (χ1n) is 8.20. The molecular weight excluding hydrogens is 388 g/mol. The number of halogens is 2. The highest BCUT2D eigenvalue weighted by Gasteiger charge is 2.42. The number of alkyl halides is 2. The molecule has 1 aromatic carbocycles. The van der Waals surface area contributed by atoms with Gasteiger partial charge in [0.05, 0.1) is 19.9 Å². The molecule has 0 aliphatic rings. The summed E-state index contributed by atoms with van der Waals surface area (Å²) in [5.41, 5.74) is 4.62. The number of aromatic hydroxyl groups is 1. The third-order valence-electron chi connectivity index (χ3n) is 4.14. The number of nitrogens with one attached hydrogen (secondary N) is 1. The summed E-state index contributed by atoms with van der Waals surface area (Å²) >= 11 is 0. The molecule has 0 aliphatic carbocycles. The van der Waals surface area contributed by atoms with Crippen LogP contribution in [0.15, 0.2) is 36.5 Å². The minimum atomic E-state index is -3.91. The number of hydrogen-bond acceptors (Lipinski definition) is 6. The molecule has 1 amide bonds. The van der Waals surface area contributed by atoms with Crippen molar-refractivity contribution in [2.24, 2.45) is 5.73 Å². The number of ether oxygens (including phenoxy) is 2. The highest BCUT2D eigenvalue weighted by molar-refractivity contribution is 5.99. The molecule has 0 saturated carbocycles. The Balaban J connectivity index is 2.60. The van der Waals surface area contributed by atoms with Gasteiger partial charge in [0.25, 0.3) is 5.91 Å². The number of carbonyl (C=O) groups excluding carboxylic acids is 2. The second kappa shape index (κ2) is 8.13. The summed E-state index contributed by atoms with van der Waals surface area (Å²) in [7, 11) is 2.13. The fourth-order valence-electron chi connectivity index (χ4n) is 2.75. The first kappa shape index (κ1) is 21.6. The van der Waals surface area contributed by atoms with Crippen LogP contribution >= 0.6 is 0 Å². The number of esters is 1. The molecule has 8 nitrogen and oxygen atoms in total. The van der Waals surface area contributed by atoms with Crippen LogP contribution in [0.2, 0.25) is 0 Å². The van der Waals surface area contributed by atoms with Gasteiger partial charge < -0.3 is 24.9 Å². The Bertz CT molecular complexity index is 1060. The molecule has 2 aromatic rings. The number of allylic oxidation sites excluding steroid dienone is 1. The lowest BCUT2D eigenvalue weighted by molar-refractivity contribution is -0.170. The van der Waals surface area contributed by atoms with Gasteiger partial charge in [-0.1, -0.05) is 6.08 Å². The third kappa shape index (κ3) is 3.96. The van der Waals surface area contributed by atoms with Crippen molar-refractivity contribution in [1.29, 1.82) is 5.41 Å². The van der Waals surface area contributed by atoms with Gasteiger partial charge in [-0.25, -0.2) is 4.79 Å². The zero-order chi connectivity index (χ0) is 21.9. The quantitative estimate of drug-likeness (QED) is 0.631. The van der Waals surface area contributed by atoms with Crippen LogP contribution in [0.4, 0.5) is 8.78 Å². The van der Waals surface area contributed by atoms with Gasteiger partial charge in [-0.2, -0.15) is 8.78 Å². The second-order valence-electron chi connectivity index (χ2n) is 5.85. The summed E-state index contributed by atoms with van der Waals surface area (Å²) in [6.45, 7) is 1.63. The van der Waals surface area contributed by atoms with Crippen molar-refractivity contribution in [2.75, 3.05) is 14.2 Å². The Hall–Kier alpha value is -3.69. The number of aromatic nitrogens is 1. The average Bonchev–Trinajstić information content (AvgIpc) is 2.67. The Morgan fingerprint density at radius 2 is 1.93 bits per heavy atom. The number of rotatable bonds is 6. The maximum Gasteiger partial charge on any atom is 0.381 e. The van der Waals surface area contributed by atoms with Crippen molar-refractivity contribution in [1.82, 2.24) is 4.57 Å². The molecule has 0 aliphatic heterocycles. The van der Waals surface area contributed by atoms with Gasteiger partial charge in [-0.3, -0.25) is 10.2 Å². The smallest absolute Gasteiger partial charge is 0.381 e. The van der Waals surface area contributed by atoms with E-state index in [1.165, 1.54) is 30.0 Å². The molecule has 0 radical (unpaired) electrons. The zero-order valence-corrected chi connectivity index (χ0v) is 15.8. The molecule has 1 aromatic heterocycles. The number of nitrogens with zero attached hydrogens (tertiary/aromatic N) is 1. The van der Waals surface area contributed by atoms with Gasteiger partial charge in [0.1, 0.15) is 22.6 Å². The van der Waals surface area contributed by atoms with Crippen molar-refractivity contribution in [3.8, 4) is 11.5 Å². The van der Waals surface area contributed by atoms with Crippen LogP contribution in [-0.2, 0) is 15.5 Å². The highest BCUT2D eigenvalue weighted by Crippen LogP contribution is 2.33. The van der Waals surface area contributed by atoms with E-state index in [-0.39, 0.29) is 16.8 Å². The van der Waals surface area contributed by atoms with Crippen LogP contribution < -0.4 is 16.0 Å². The molecule has 0 bridgehead atoms. The van der Waals surface area contributed by atoms with E-state index in [2.05, 4.69) is 4.74 Å². The number of methoxy groups -OCH3 is 2. The predicted octanol–water partition coefficient (Wildman–Crippen LogP) is 1.95. The zero-order valence-electron chi connectivity index (χ0n) is 15.8. The molecule has 0 fully saturated rings. The van der Waals surface area contributed by atoms with Crippen molar-refractivity contribution in [3.63, 3.8) is 0 Å². The van der Waals surface area contributed by atoms with Crippen LogP contribution in [0.1, 0.15) is 28.4 Å². The molecule has 154 valence electrons. The summed E-state index contributed by atoms with van der Waals surface area (Å²) in [4.78, 5) is 22.8. The van der Waals surface area contributed by atoms with Gasteiger partial charge in [-0.15, -0.1) is 0 Å². The number of phenols is 1. The summed E-state index contributed by atoms with van der Waals surface area (Å²) in [6.07, 6.45) is 2.74. The summed E-state index contributed by atoms with van der Waals surface area (Å²) in [5, 5.41) is 18.3. The van der Waals surface area contributed by atoms with E-state index < -0.39 is 29.1 Å². The third-order valence-corrected chi connectivity index (χ3v) is 4.14. The number of primary amides is 1. The molecule has 0 unspecified atom stereocenters. The standard InChI is InChI=1S/C19H19F2N3O5/c1-4-12(10-7-13(25)16(17(23)26)14(8-10)28-2)24-6-5-11(9-15(24)22)19(20,21)18(27)29-3/h4-9,22,25H,1-3H3,(H2,23,26)/b12-4-,22-15?. The van der Waals surface area contributed by atoms with E-state index >= 15 is 0 Å². The Labute approximate surface area is 164 Å². The highest BCUT2D eigenvalue weighted by atomic mass is 19.3. The summed E-state index contributed by atoms with van der Waals surface area (Å²) < 4.78 is 38.6. The molecule has 29 heavy (non-hydrogen) atoms. The van der Waals surface area contributed by atoms with Crippen LogP contribution in [0.3, 0.4) is 0 Å². The molecule has 1 heterocycles. The van der Waals surface area contributed by atoms with E-state index in [9.17, 15) is 23.5 Å². The minimum Gasteiger partial charge on any atom is -0.507 e. The fraction of sp³-hybridized carbons (Fsp3) is 0.211. The monoisotopic (exact) mass is 407 g/mol. The van der Waals surface area contributed by atoms with E-state index in [1.807, 2.05) is 0 Å². The number of hydrogen-bond donors (Lipinski definition) is 3. The van der Waals surface area contributed by atoms with Crippen molar-refractivity contribution < 1.29 is 33.0 Å². The number of pyridine rings is 1. The van der Waals surface area contributed by atoms with Crippen molar-refractivity contribution in [2.45, 2.75) is 12.8 Å². The van der Waals surface area contributed by atoms with Gasteiger partial charge in [0.15, 0.2) is 0 Å². The molecule has 2 rings (SSSR count). The van der Waals surface area contributed by atoms with Crippen LogP contribution in [0, 0.1) is 5.41 Å². The lowest BCUT2D eigenvalue weighted by atomic mass is 10.0. The Morgan fingerprint density at radius 1 is 1.28 bits per heavy atom. The lowest BCUT2D eigenvalue weighted by Crippen LogP contribution is -2.30. The first-order valence-corrected chi connectivity index (χ1v) is 8.20. The molecule has 10 heteroatoms. The van der Waals surface area contributed by atoms with E-state index in [0.717, 1.165) is 19.2 Å². The molecule has 4 N–H and O–H groups in total. The number of carbonyl (C=O) groups is 2. The molecular formula is C19H19F2N3O5. The maximum absolute atomic E-state index is 14.1. The normalized spacial score (nSPS) is 11.8. The molecule has 0 atom stereocenters. The van der Waals surface area contributed by atoms with Gasteiger partial charge in [0, 0.05) is 17.3 Å². The van der Waals surface area contributed by atoms with Crippen molar-refractivity contribution in [3.05, 3.63) is 58.7 Å². The largest absolute Gasteiger partial charge is 0.507 e. The Kier molecular flexibility index (Phi) is 6.06. The number of nitrogens with two attached hydrogens (primary N) is 1. The minimum absolute atomic E-state index is 0.00725. The predicted molar refractivity (Wildman–Crippen MR) is 98.4 cm³/mol. The Morgan fingerprint density at radius 3 is 2.41 bits per heavy atom. The van der Waals surface area contributed by atoms with Crippen molar-refractivity contribution >= 4 is 17.6 Å². The number of benzene rings is 1. The van der Waals surface area contributed by atoms with Crippen LogP contribution in [-0.4, -0.2) is 35.8 Å². The molecule has 0 spiro atoms. The SMILES string of the molecule is C/C=C(/c1cc(O)c(C(N)=O)c(OC)c1)n1ccc(C(F)(F)C(=O)OC)cc1=N. The molecule has 0 saturated heterocycles. The first-order chi connectivity index (χ1) is 13.6. The van der Waals surface area contributed by atoms with E-state index in [1.54, 1.807) is 13.0 Å². The van der Waals surface area contributed by atoms with Gasteiger partial charge in [0.2, 0.25) is 0 Å². The van der Waals surface area contributed by atoms with E-state index in [0.29, 0.717) is 11.3 Å². The average molecular weight is 407 g/mol. The van der Waals surface area contributed by atoms with Gasteiger partial charge in [-0.05, 0) is 31.2 Å². The van der Waals surface area contributed by atoms with Crippen LogP contribution in [0.5, 0.6) is 11.5 Å². The summed E-state index contributed by atoms with van der Waals surface area (Å²) in [5.74, 6) is -6.97. The van der Waals surface area contributed by atoms with Gasteiger partial charge >= 0.3 is 11.9 Å². The summed E-state index contributed by atoms with van der Waals surface area (Å²) in [6, 6.07) is 4.46. The maximum atomic E-state index is 14.1. The fourth-order valence-corrected chi connectivity index (χ4v) is 2.75. The lowest BCUT2D eigenvalue weighted by Gasteiger charge is -2.18. The number of amides is 1.